The lowest BCUT2D eigenvalue weighted by Crippen LogP contribution is -2.13. The Morgan fingerprint density at radius 2 is 1.90 bits per heavy atom. The van der Waals surface area contributed by atoms with Crippen LogP contribution in [0.4, 0.5) is 5.69 Å². The number of anilines is 1. The minimum absolute atomic E-state index is 0.165. The molecule has 0 saturated carbocycles. The average Bonchev–Trinajstić information content (AvgIpc) is 2.91. The molecule has 2 aromatic carbocycles. The lowest BCUT2D eigenvalue weighted by Gasteiger charge is -2.12. The fourth-order valence-electron chi connectivity index (χ4n) is 3.08. The molecule has 1 aromatic heterocycles. The number of ether oxygens (including phenoxy) is 2. The highest BCUT2D eigenvalue weighted by atomic mass is 32.2. The molecule has 0 aliphatic carbocycles. The maximum absolute atomic E-state index is 12.9. The molecule has 3 aromatic rings. The number of benzene rings is 2. The van der Waals surface area contributed by atoms with Gasteiger partial charge < -0.3 is 19.3 Å². The Morgan fingerprint density at radius 3 is 2.69 bits per heavy atom. The zero-order valence-corrected chi connectivity index (χ0v) is 17.2. The number of thioether (sulfide) groups is 1. The van der Waals surface area contributed by atoms with Crippen molar-refractivity contribution < 1.29 is 18.8 Å². The molecule has 0 radical (unpaired) electrons. The van der Waals surface area contributed by atoms with Crippen LogP contribution in [0.2, 0.25) is 0 Å². The number of carbonyl (C=O) groups excluding carboxylic acids is 1. The van der Waals surface area contributed by atoms with Crippen molar-refractivity contribution in [2.45, 2.75) is 30.9 Å². The molecule has 0 spiro atoms. The third-order valence-corrected chi connectivity index (χ3v) is 5.79. The highest BCUT2D eigenvalue weighted by Gasteiger charge is 2.16. The summed E-state index contributed by atoms with van der Waals surface area (Å²) in [4.78, 5) is 13.8. The van der Waals surface area contributed by atoms with Crippen LogP contribution in [0, 0.1) is 13.8 Å². The predicted molar refractivity (Wildman–Crippen MR) is 112 cm³/mol. The first-order valence-corrected chi connectivity index (χ1v) is 10.4. The number of fused-ring (bicyclic) bond motifs is 1. The average molecular weight is 410 g/mol. The quantitative estimate of drug-likeness (QED) is 0.597. The number of carbonyl (C=O) groups is 1. The van der Waals surface area contributed by atoms with Gasteiger partial charge in [0.2, 0.25) is 0 Å². The topological polar surface area (TPSA) is 73.6 Å². The van der Waals surface area contributed by atoms with Gasteiger partial charge in [0.15, 0.2) is 11.5 Å². The molecule has 150 valence electrons. The van der Waals surface area contributed by atoms with Gasteiger partial charge >= 0.3 is 0 Å². The Balaban J connectivity index is 1.50. The van der Waals surface area contributed by atoms with E-state index >= 15 is 0 Å². The van der Waals surface area contributed by atoms with Crippen LogP contribution in [-0.4, -0.2) is 24.3 Å². The number of nitrogens with zero attached hydrogens (tertiary/aromatic N) is 1. The van der Waals surface area contributed by atoms with Gasteiger partial charge in [-0.1, -0.05) is 17.3 Å². The SMILES string of the molecule is Cc1noc(C)c1CSc1ccccc1C(=O)Nc1ccc2c(c1)OCCCO2. The summed E-state index contributed by atoms with van der Waals surface area (Å²) in [5.41, 5.74) is 3.23. The van der Waals surface area contributed by atoms with Crippen LogP contribution in [0.25, 0.3) is 0 Å². The maximum Gasteiger partial charge on any atom is 0.256 e. The summed E-state index contributed by atoms with van der Waals surface area (Å²) in [6, 6.07) is 13.0. The Hall–Kier alpha value is -2.93. The standard InChI is InChI=1S/C22H22N2O4S/c1-14-18(15(2)28-24-14)13-29-21-7-4-3-6-17(21)22(25)23-16-8-9-19-20(12-16)27-11-5-10-26-19/h3-4,6-9,12H,5,10-11,13H2,1-2H3,(H,23,25). The van der Waals surface area contributed by atoms with Crippen LogP contribution in [-0.2, 0) is 5.75 Å². The second kappa shape index (κ2) is 8.61. The third-order valence-electron chi connectivity index (χ3n) is 4.69. The van der Waals surface area contributed by atoms with Crippen LogP contribution in [0.1, 0.15) is 33.8 Å². The zero-order chi connectivity index (χ0) is 20.2. The van der Waals surface area contributed by atoms with Crippen molar-refractivity contribution in [2.24, 2.45) is 0 Å². The van der Waals surface area contributed by atoms with Crippen molar-refractivity contribution in [3.63, 3.8) is 0 Å². The number of rotatable bonds is 5. The summed E-state index contributed by atoms with van der Waals surface area (Å²) >= 11 is 1.59. The van der Waals surface area contributed by atoms with E-state index in [9.17, 15) is 4.79 Å². The molecule has 2 heterocycles. The molecule has 0 atom stereocenters. The van der Waals surface area contributed by atoms with E-state index in [-0.39, 0.29) is 5.91 Å². The van der Waals surface area contributed by atoms with Crippen LogP contribution >= 0.6 is 11.8 Å². The van der Waals surface area contributed by atoms with Crippen LogP contribution in [0.5, 0.6) is 11.5 Å². The van der Waals surface area contributed by atoms with Crippen molar-refractivity contribution in [2.75, 3.05) is 18.5 Å². The summed E-state index contributed by atoms with van der Waals surface area (Å²) in [6.07, 6.45) is 0.839. The Labute approximate surface area is 173 Å². The Morgan fingerprint density at radius 1 is 1.10 bits per heavy atom. The fraction of sp³-hybridized carbons (Fsp3) is 0.273. The first kappa shape index (κ1) is 19.4. The van der Waals surface area contributed by atoms with E-state index in [4.69, 9.17) is 14.0 Å². The van der Waals surface area contributed by atoms with E-state index < -0.39 is 0 Å². The minimum Gasteiger partial charge on any atom is -0.490 e. The van der Waals surface area contributed by atoms with Gasteiger partial charge in [-0.2, -0.15) is 0 Å². The van der Waals surface area contributed by atoms with Crippen molar-refractivity contribution in [1.29, 1.82) is 0 Å². The fourth-order valence-corrected chi connectivity index (χ4v) is 4.28. The van der Waals surface area contributed by atoms with Crippen LogP contribution < -0.4 is 14.8 Å². The number of hydrogen-bond acceptors (Lipinski definition) is 6. The van der Waals surface area contributed by atoms with Gasteiger partial charge in [-0.05, 0) is 38.1 Å². The molecule has 0 unspecified atom stereocenters. The number of hydrogen-bond donors (Lipinski definition) is 1. The molecule has 4 rings (SSSR count). The molecule has 7 heteroatoms. The van der Waals surface area contributed by atoms with Crippen molar-refractivity contribution in [3.05, 3.63) is 65.0 Å². The lowest BCUT2D eigenvalue weighted by molar-refractivity contribution is 0.102. The molecule has 1 aliphatic rings. The minimum atomic E-state index is -0.165. The highest BCUT2D eigenvalue weighted by Crippen LogP contribution is 2.33. The lowest BCUT2D eigenvalue weighted by atomic mass is 10.2. The molecule has 1 N–H and O–H groups in total. The van der Waals surface area contributed by atoms with Crippen molar-refractivity contribution in [3.8, 4) is 11.5 Å². The van der Waals surface area contributed by atoms with Gasteiger partial charge in [-0.15, -0.1) is 11.8 Å². The van der Waals surface area contributed by atoms with Gasteiger partial charge in [-0.3, -0.25) is 4.79 Å². The Bertz CT molecular complexity index is 1010. The highest BCUT2D eigenvalue weighted by molar-refractivity contribution is 7.98. The van der Waals surface area contributed by atoms with E-state index in [1.807, 2.05) is 50.2 Å². The number of aryl methyl sites for hydroxylation is 2. The van der Waals surface area contributed by atoms with Gasteiger partial charge in [0, 0.05) is 34.4 Å². The van der Waals surface area contributed by atoms with E-state index in [0.717, 1.165) is 28.3 Å². The summed E-state index contributed by atoms with van der Waals surface area (Å²) in [7, 11) is 0. The second-order valence-electron chi connectivity index (χ2n) is 6.75. The van der Waals surface area contributed by atoms with E-state index in [0.29, 0.717) is 41.7 Å². The number of aromatic nitrogens is 1. The zero-order valence-electron chi connectivity index (χ0n) is 16.4. The molecule has 1 amide bonds. The van der Waals surface area contributed by atoms with E-state index in [1.165, 1.54) is 0 Å². The molecular formula is C22H22N2O4S. The number of nitrogens with one attached hydrogen (secondary N) is 1. The van der Waals surface area contributed by atoms with Gasteiger partial charge in [0.1, 0.15) is 5.76 Å². The molecular weight excluding hydrogens is 388 g/mol. The molecule has 1 aliphatic heterocycles. The summed E-state index contributed by atoms with van der Waals surface area (Å²) in [5, 5.41) is 6.96. The third kappa shape index (κ3) is 4.40. The van der Waals surface area contributed by atoms with Crippen LogP contribution in [0.3, 0.4) is 0 Å². The summed E-state index contributed by atoms with van der Waals surface area (Å²) in [5.74, 6) is 2.69. The monoisotopic (exact) mass is 410 g/mol. The smallest absolute Gasteiger partial charge is 0.256 e. The van der Waals surface area contributed by atoms with Gasteiger partial charge in [-0.25, -0.2) is 0 Å². The van der Waals surface area contributed by atoms with Crippen LogP contribution in [0.15, 0.2) is 51.9 Å². The first-order valence-electron chi connectivity index (χ1n) is 9.46. The summed E-state index contributed by atoms with van der Waals surface area (Å²) < 4.78 is 16.6. The molecule has 0 fully saturated rings. The van der Waals surface area contributed by atoms with Crippen molar-refractivity contribution in [1.82, 2.24) is 5.16 Å². The summed E-state index contributed by atoms with van der Waals surface area (Å²) in [6.45, 7) is 5.06. The molecule has 0 saturated heterocycles. The number of amides is 1. The maximum atomic E-state index is 12.9. The Kier molecular flexibility index (Phi) is 5.76. The van der Waals surface area contributed by atoms with Gasteiger partial charge in [0.25, 0.3) is 5.91 Å². The predicted octanol–water partition coefficient (Wildman–Crippen LogP) is 5.00. The molecule has 29 heavy (non-hydrogen) atoms. The molecule has 0 bridgehead atoms. The first-order chi connectivity index (χ1) is 14.1. The van der Waals surface area contributed by atoms with Gasteiger partial charge in [0.05, 0.1) is 24.5 Å². The van der Waals surface area contributed by atoms with E-state index in [1.54, 1.807) is 17.8 Å². The normalized spacial score (nSPS) is 13.0. The second-order valence-corrected chi connectivity index (χ2v) is 7.77. The largest absolute Gasteiger partial charge is 0.490 e. The van der Waals surface area contributed by atoms with E-state index in [2.05, 4.69) is 10.5 Å². The molecule has 6 nitrogen and oxygen atoms in total. The van der Waals surface area contributed by atoms with Crippen molar-refractivity contribution >= 4 is 23.4 Å².